The van der Waals surface area contributed by atoms with Gasteiger partial charge in [0.05, 0.1) is 5.92 Å². The minimum atomic E-state index is -0.949. The Bertz CT molecular complexity index is 207. The van der Waals surface area contributed by atoms with Gasteiger partial charge in [0.15, 0.2) is 6.10 Å². The average molecular weight is 169 g/mol. The third kappa shape index (κ3) is 3.15. The predicted molar refractivity (Wildman–Crippen MR) is 41.0 cm³/mol. The average Bonchev–Trinajstić information content (AvgIpc) is 2.12. The Morgan fingerprint density at radius 3 is 2.67 bits per heavy atom. The van der Waals surface area contributed by atoms with Gasteiger partial charge < -0.3 is 9.53 Å². The van der Waals surface area contributed by atoms with Crippen molar-refractivity contribution in [2.75, 3.05) is 0 Å². The summed E-state index contributed by atoms with van der Waals surface area (Å²) in [4.78, 5) is 20.9. The van der Waals surface area contributed by atoms with E-state index in [1.807, 2.05) is 0 Å². The molecule has 0 saturated carbocycles. The normalized spacial score (nSPS) is 14.1. The van der Waals surface area contributed by atoms with Crippen LogP contribution in [0.1, 0.15) is 20.3 Å². The minimum Gasteiger partial charge on any atom is -0.446 e. The van der Waals surface area contributed by atoms with Crippen molar-refractivity contribution in [3.05, 3.63) is 0 Å². The molecule has 0 aromatic carbocycles. The Labute approximate surface area is 71.1 Å². The van der Waals surface area contributed by atoms with E-state index in [-0.39, 0.29) is 6.42 Å². The summed E-state index contributed by atoms with van der Waals surface area (Å²) in [7, 11) is 0. The Morgan fingerprint density at radius 1 is 1.75 bits per heavy atom. The molecule has 0 N–H and O–H groups in total. The number of nitriles is 1. The number of ether oxygens (including phenoxy) is 1. The molecule has 0 saturated heterocycles. The Morgan fingerprint density at radius 2 is 2.33 bits per heavy atom. The van der Waals surface area contributed by atoms with Crippen LogP contribution < -0.4 is 0 Å². The zero-order valence-electron chi connectivity index (χ0n) is 7.11. The van der Waals surface area contributed by atoms with E-state index in [9.17, 15) is 9.59 Å². The van der Waals surface area contributed by atoms with Crippen LogP contribution in [-0.2, 0) is 14.3 Å². The van der Waals surface area contributed by atoms with Gasteiger partial charge in [0.1, 0.15) is 12.4 Å². The van der Waals surface area contributed by atoms with Crippen LogP contribution in [0.15, 0.2) is 0 Å². The van der Waals surface area contributed by atoms with E-state index in [1.54, 1.807) is 13.0 Å². The lowest BCUT2D eigenvalue weighted by Crippen LogP contribution is -2.24. The number of carbonyl (C=O) groups excluding carboxylic acids is 2. The summed E-state index contributed by atoms with van der Waals surface area (Å²) >= 11 is 0. The topological polar surface area (TPSA) is 67.2 Å². The fourth-order valence-electron chi connectivity index (χ4n) is 0.548. The number of aldehydes is 1. The maximum atomic E-state index is 10.7. The molecule has 0 amide bonds. The molecule has 0 bridgehead atoms. The first-order valence-corrected chi connectivity index (χ1v) is 3.70. The minimum absolute atomic E-state index is 0.212. The molecule has 4 nitrogen and oxygen atoms in total. The second-order valence-electron chi connectivity index (χ2n) is 2.39. The maximum absolute atomic E-state index is 10.7. The number of rotatable bonds is 4. The molecule has 0 heterocycles. The number of carbonyl (C=O) groups is 2. The van der Waals surface area contributed by atoms with Crippen molar-refractivity contribution in [2.45, 2.75) is 26.4 Å². The van der Waals surface area contributed by atoms with Crippen molar-refractivity contribution in [1.29, 1.82) is 5.26 Å². The van der Waals surface area contributed by atoms with Crippen LogP contribution in [0.3, 0.4) is 0 Å². The molecule has 0 aromatic rings. The van der Waals surface area contributed by atoms with Crippen molar-refractivity contribution < 1.29 is 14.3 Å². The fourth-order valence-corrected chi connectivity index (χ4v) is 0.548. The van der Waals surface area contributed by atoms with Crippen LogP contribution in [0.25, 0.3) is 0 Å². The molecule has 0 spiro atoms. The van der Waals surface area contributed by atoms with Crippen molar-refractivity contribution in [1.82, 2.24) is 0 Å². The SMILES string of the molecule is CCC(=O)OC(C#N)C(C)C=O. The highest BCUT2D eigenvalue weighted by Crippen LogP contribution is 2.04. The molecule has 4 heteroatoms. The quantitative estimate of drug-likeness (QED) is 0.458. The van der Waals surface area contributed by atoms with Gasteiger partial charge in [-0.3, -0.25) is 4.79 Å². The van der Waals surface area contributed by atoms with Gasteiger partial charge in [-0.15, -0.1) is 0 Å². The molecule has 0 aliphatic rings. The number of hydrogen-bond donors (Lipinski definition) is 0. The Balaban J connectivity index is 4.10. The second-order valence-corrected chi connectivity index (χ2v) is 2.39. The van der Waals surface area contributed by atoms with Crippen LogP contribution >= 0.6 is 0 Å². The van der Waals surface area contributed by atoms with Crippen LogP contribution in [0, 0.1) is 17.2 Å². The van der Waals surface area contributed by atoms with Gasteiger partial charge in [-0.2, -0.15) is 5.26 Å². The zero-order chi connectivity index (χ0) is 9.56. The number of nitrogens with zero attached hydrogens (tertiary/aromatic N) is 1. The van der Waals surface area contributed by atoms with Gasteiger partial charge in [-0.25, -0.2) is 0 Å². The van der Waals surface area contributed by atoms with Gasteiger partial charge in [0.2, 0.25) is 0 Å². The van der Waals surface area contributed by atoms with E-state index >= 15 is 0 Å². The molecule has 2 unspecified atom stereocenters. The van der Waals surface area contributed by atoms with Crippen LogP contribution in [0.5, 0.6) is 0 Å². The summed E-state index contributed by atoms with van der Waals surface area (Å²) in [5.41, 5.74) is 0. The van der Waals surface area contributed by atoms with Gasteiger partial charge >= 0.3 is 5.97 Å². The summed E-state index contributed by atoms with van der Waals surface area (Å²) in [5.74, 6) is -1.03. The lowest BCUT2D eigenvalue weighted by atomic mass is 10.1. The lowest BCUT2D eigenvalue weighted by Gasteiger charge is -2.11. The Hall–Kier alpha value is -1.37. The van der Waals surface area contributed by atoms with Gasteiger partial charge in [0.25, 0.3) is 0 Å². The zero-order valence-corrected chi connectivity index (χ0v) is 7.11. The summed E-state index contributed by atoms with van der Waals surface area (Å²) < 4.78 is 4.67. The first-order valence-electron chi connectivity index (χ1n) is 3.70. The van der Waals surface area contributed by atoms with Crippen LogP contribution in [0.2, 0.25) is 0 Å². The summed E-state index contributed by atoms with van der Waals surface area (Å²) in [6.07, 6.45) is -0.143. The van der Waals surface area contributed by atoms with Gasteiger partial charge in [-0.05, 0) is 0 Å². The van der Waals surface area contributed by atoms with E-state index in [2.05, 4.69) is 4.74 Å². The monoisotopic (exact) mass is 169 g/mol. The molecule has 0 fully saturated rings. The van der Waals surface area contributed by atoms with Crippen molar-refractivity contribution in [3.63, 3.8) is 0 Å². The van der Waals surface area contributed by atoms with E-state index < -0.39 is 18.0 Å². The van der Waals surface area contributed by atoms with Crippen LogP contribution in [0.4, 0.5) is 0 Å². The number of hydrogen-bond acceptors (Lipinski definition) is 4. The molecule has 12 heavy (non-hydrogen) atoms. The molecule has 0 aliphatic heterocycles. The third-order valence-corrected chi connectivity index (χ3v) is 1.37. The Kier molecular flexibility index (Phi) is 4.70. The largest absolute Gasteiger partial charge is 0.446 e. The summed E-state index contributed by atoms with van der Waals surface area (Å²) in [6.45, 7) is 3.16. The van der Waals surface area contributed by atoms with Crippen molar-refractivity contribution in [3.8, 4) is 6.07 Å². The molecule has 0 radical (unpaired) electrons. The fraction of sp³-hybridized carbons (Fsp3) is 0.625. The van der Waals surface area contributed by atoms with Crippen molar-refractivity contribution in [2.24, 2.45) is 5.92 Å². The number of esters is 1. The molecule has 0 aromatic heterocycles. The molecule has 66 valence electrons. The van der Waals surface area contributed by atoms with Crippen molar-refractivity contribution >= 4 is 12.3 Å². The first-order chi connectivity index (χ1) is 5.65. The molecule has 2 atom stereocenters. The summed E-state index contributed by atoms with van der Waals surface area (Å²) in [5, 5.41) is 8.49. The van der Waals surface area contributed by atoms with E-state index in [0.717, 1.165) is 0 Å². The first kappa shape index (κ1) is 10.6. The smallest absolute Gasteiger partial charge is 0.306 e. The van der Waals surface area contributed by atoms with E-state index in [4.69, 9.17) is 5.26 Å². The highest BCUT2D eigenvalue weighted by Gasteiger charge is 2.19. The maximum Gasteiger partial charge on any atom is 0.306 e. The third-order valence-electron chi connectivity index (χ3n) is 1.37. The van der Waals surface area contributed by atoms with Gasteiger partial charge in [-0.1, -0.05) is 13.8 Å². The highest BCUT2D eigenvalue weighted by molar-refractivity contribution is 5.70. The standard InChI is InChI=1S/C8H11NO3/c1-3-8(11)12-7(4-9)6(2)5-10/h5-7H,3H2,1-2H3. The summed E-state index contributed by atoms with van der Waals surface area (Å²) in [6, 6.07) is 1.74. The highest BCUT2D eigenvalue weighted by atomic mass is 16.5. The van der Waals surface area contributed by atoms with E-state index in [1.165, 1.54) is 6.92 Å². The van der Waals surface area contributed by atoms with Crippen LogP contribution in [-0.4, -0.2) is 18.4 Å². The molecular formula is C8H11NO3. The van der Waals surface area contributed by atoms with E-state index in [0.29, 0.717) is 6.29 Å². The second kappa shape index (κ2) is 5.30. The molecule has 0 rings (SSSR count). The van der Waals surface area contributed by atoms with Gasteiger partial charge in [0, 0.05) is 6.42 Å². The molecule has 0 aliphatic carbocycles. The lowest BCUT2D eigenvalue weighted by molar-refractivity contribution is -0.148. The molecular weight excluding hydrogens is 158 g/mol. The predicted octanol–water partition coefficient (Wildman–Crippen LogP) is 0.667.